The highest BCUT2D eigenvalue weighted by atomic mass is 19.3. The Kier molecular flexibility index (Phi) is 7.57. The van der Waals surface area contributed by atoms with E-state index in [-0.39, 0.29) is 5.82 Å². The van der Waals surface area contributed by atoms with Crippen LogP contribution in [0.3, 0.4) is 0 Å². The summed E-state index contributed by atoms with van der Waals surface area (Å²) in [7, 11) is 6.52. The van der Waals surface area contributed by atoms with Crippen LogP contribution < -0.4 is 0 Å². The van der Waals surface area contributed by atoms with E-state index in [0.717, 1.165) is 11.1 Å². The van der Waals surface area contributed by atoms with Gasteiger partial charge in [-0.1, -0.05) is 62.9 Å². The zero-order chi connectivity index (χ0) is 22.7. The van der Waals surface area contributed by atoms with Crippen molar-refractivity contribution in [2.24, 2.45) is 0 Å². The van der Waals surface area contributed by atoms with Crippen LogP contribution in [0.15, 0.2) is 54.6 Å². The minimum absolute atomic E-state index is 0.176. The summed E-state index contributed by atoms with van der Waals surface area (Å²) in [6.45, 7) is 8.75. The summed E-state index contributed by atoms with van der Waals surface area (Å²) < 4.78 is 34.9. The maximum Gasteiger partial charge on any atom is 0.295 e. The molecule has 1 aromatic heterocycles. The van der Waals surface area contributed by atoms with Gasteiger partial charge in [-0.2, -0.15) is 0 Å². The van der Waals surface area contributed by atoms with Gasteiger partial charge in [-0.15, -0.1) is 0 Å². The predicted octanol–water partition coefficient (Wildman–Crippen LogP) is 4.17. The van der Waals surface area contributed by atoms with E-state index in [9.17, 15) is 8.78 Å². The Morgan fingerprint density at radius 2 is 1.26 bits per heavy atom. The predicted molar refractivity (Wildman–Crippen MR) is 128 cm³/mol. The van der Waals surface area contributed by atoms with Crippen molar-refractivity contribution in [3.63, 3.8) is 0 Å². The van der Waals surface area contributed by atoms with Crippen molar-refractivity contribution < 1.29 is 8.78 Å². The van der Waals surface area contributed by atoms with Gasteiger partial charge in [-0.25, -0.2) is 13.8 Å². The Bertz CT molecular complexity index is 929. The van der Waals surface area contributed by atoms with Crippen LogP contribution in [0.2, 0.25) is 20.5 Å². The molecule has 31 heavy (non-hydrogen) atoms. The molecule has 0 radical (unpaired) electrons. The monoisotopic (exact) mass is 423 g/mol. The number of para-hydroxylation sites is 2. The van der Waals surface area contributed by atoms with Crippen molar-refractivity contribution in [1.29, 1.82) is 0 Å². The van der Waals surface area contributed by atoms with E-state index < -0.39 is 6.43 Å². The maximum absolute atomic E-state index is 13.1. The van der Waals surface area contributed by atoms with Crippen LogP contribution in [0, 0.1) is 0 Å². The number of imidazole rings is 1. The summed E-state index contributed by atoms with van der Waals surface area (Å²) in [5.41, 5.74) is 2.32. The van der Waals surface area contributed by atoms with E-state index in [1.165, 1.54) is 0 Å². The highest BCUT2D eigenvalue weighted by Crippen LogP contribution is 2.25. The van der Waals surface area contributed by atoms with Gasteiger partial charge in [0.15, 0.2) is 5.82 Å². The molecule has 1 aliphatic heterocycles. The van der Waals surface area contributed by atoms with Gasteiger partial charge in [0.25, 0.3) is 27.4 Å². The molecule has 1 aliphatic rings. The lowest BCUT2D eigenvalue weighted by Gasteiger charge is -2.47. The Balaban J connectivity index is 0.000000196. The first-order valence-corrected chi connectivity index (χ1v) is 10.7. The number of alkyl halides is 2. The minimum atomic E-state index is -2.57. The van der Waals surface area contributed by atoms with Crippen molar-refractivity contribution in [3.05, 3.63) is 66.0 Å². The summed E-state index contributed by atoms with van der Waals surface area (Å²) in [5, 5.41) is 0. The number of halogens is 2. The van der Waals surface area contributed by atoms with Crippen LogP contribution >= 0.6 is 0 Å². The lowest BCUT2D eigenvalue weighted by molar-refractivity contribution is 0.136. The molecule has 0 spiro atoms. The van der Waals surface area contributed by atoms with Crippen LogP contribution in [0.5, 0.6) is 0 Å². The van der Waals surface area contributed by atoms with E-state index in [4.69, 9.17) is 0 Å². The van der Waals surface area contributed by atoms with Gasteiger partial charge in [0, 0.05) is 6.54 Å². The first-order chi connectivity index (χ1) is 14.7. The smallest absolute Gasteiger partial charge is 0.295 e. The number of aromatic nitrogens is 2. The van der Waals surface area contributed by atoms with Gasteiger partial charge in [0.1, 0.15) is 0 Å². The van der Waals surface area contributed by atoms with Gasteiger partial charge >= 0.3 is 0 Å². The van der Waals surface area contributed by atoms with Crippen molar-refractivity contribution in [1.82, 2.24) is 23.7 Å². The number of rotatable bonds is 3. The van der Waals surface area contributed by atoms with E-state index in [0.29, 0.717) is 33.0 Å². The number of benzene rings is 2. The Labute approximate surface area is 185 Å². The van der Waals surface area contributed by atoms with E-state index >= 15 is 0 Å². The lowest BCUT2D eigenvalue weighted by Crippen LogP contribution is -2.72. The molecule has 1 saturated heterocycles. The molecule has 2 heterocycles. The summed E-state index contributed by atoms with van der Waals surface area (Å²) in [4.78, 5) is 4.02. The molecular weight excluding hydrogens is 393 g/mol. The molecule has 4 rings (SSSR count). The second-order valence-electron chi connectivity index (χ2n) is 8.22. The maximum atomic E-state index is 13.1. The third-order valence-corrected chi connectivity index (χ3v) is 6.60. The topological polar surface area (TPSA) is 27.5 Å². The molecule has 10 heteroatoms. The fourth-order valence-corrected chi connectivity index (χ4v) is 3.99. The summed E-state index contributed by atoms with van der Waals surface area (Å²) in [6.07, 6.45) is -2.57. The molecule has 0 aliphatic carbocycles. The Morgan fingerprint density at radius 1 is 0.774 bits per heavy atom. The first-order valence-electron chi connectivity index (χ1n) is 10.7. The number of fused-ring (bicyclic) bond motifs is 1. The second-order valence-corrected chi connectivity index (χ2v) is 8.22. The molecule has 0 bridgehead atoms. The molecule has 3 aromatic rings. The Hall–Kier alpha value is -2.16. The van der Waals surface area contributed by atoms with E-state index in [1.54, 1.807) is 16.7 Å². The zero-order valence-corrected chi connectivity index (χ0v) is 19.2. The van der Waals surface area contributed by atoms with Crippen LogP contribution in [-0.2, 0) is 6.54 Å². The highest BCUT2D eigenvalue weighted by molar-refractivity contribution is 6.84. The number of nitrogens with zero attached hydrogens (tertiary/aromatic N) is 5. The van der Waals surface area contributed by atoms with Gasteiger partial charge < -0.3 is 18.7 Å². The molecule has 0 amide bonds. The van der Waals surface area contributed by atoms with Gasteiger partial charge in [-0.05, 0) is 38.8 Å². The molecular formula is C21H30B3F2N5. The second kappa shape index (κ2) is 9.98. The molecule has 2 aromatic carbocycles. The molecule has 162 valence electrons. The van der Waals surface area contributed by atoms with E-state index in [2.05, 4.69) is 60.8 Å². The molecule has 5 nitrogen and oxygen atoms in total. The third-order valence-electron chi connectivity index (χ3n) is 6.60. The minimum Gasteiger partial charge on any atom is -0.360 e. The van der Waals surface area contributed by atoms with Crippen LogP contribution in [0.1, 0.15) is 17.8 Å². The number of hydrogen-bond acceptors (Lipinski definition) is 4. The summed E-state index contributed by atoms with van der Waals surface area (Å²) in [5.74, 6) is -0.176. The quantitative estimate of drug-likeness (QED) is 0.592. The average molecular weight is 423 g/mol. The third kappa shape index (κ3) is 5.02. The average Bonchev–Trinajstić information content (AvgIpc) is 3.15. The molecule has 0 N–H and O–H groups in total. The molecule has 1 fully saturated rings. The zero-order valence-electron chi connectivity index (χ0n) is 19.2. The molecule has 0 atom stereocenters. The Morgan fingerprint density at radius 3 is 1.77 bits per heavy atom. The van der Waals surface area contributed by atoms with Crippen LogP contribution in [0.4, 0.5) is 8.78 Å². The molecule has 0 saturated carbocycles. The van der Waals surface area contributed by atoms with Crippen LogP contribution in [-0.4, -0.2) is 65.8 Å². The van der Waals surface area contributed by atoms with Crippen molar-refractivity contribution in [2.45, 2.75) is 33.4 Å². The lowest BCUT2D eigenvalue weighted by atomic mass is 9.46. The first kappa shape index (κ1) is 23.5. The largest absolute Gasteiger partial charge is 0.360 e. The van der Waals surface area contributed by atoms with Gasteiger partial charge in [-0.3, -0.25) is 0 Å². The van der Waals surface area contributed by atoms with E-state index in [1.807, 2.05) is 42.5 Å². The van der Waals surface area contributed by atoms with Crippen molar-refractivity contribution >= 4 is 32.0 Å². The highest BCUT2D eigenvalue weighted by Gasteiger charge is 2.41. The fourth-order valence-electron chi connectivity index (χ4n) is 3.99. The summed E-state index contributed by atoms with van der Waals surface area (Å²) in [6, 6.07) is 16.8. The number of hydrogen-bond donors (Lipinski definition) is 0. The normalized spacial score (nSPS) is 16.2. The van der Waals surface area contributed by atoms with Gasteiger partial charge in [0.2, 0.25) is 0 Å². The fraction of sp³-hybridized carbons (Fsp3) is 0.381. The van der Waals surface area contributed by atoms with Crippen molar-refractivity contribution in [3.8, 4) is 0 Å². The molecule has 0 unspecified atom stereocenters. The van der Waals surface area contributed by atoms with Crippen molar-refractivity contribution in [2.75, 3.05) is 21.1 Å². The van der Waals surface area contributed by atoms with Gasteiger partial charge in [0.05, 0.1) is 11.0 Å². The van der Waals surface area contributed by atoms with Crippen LogP contribution in [0.25, 0.3) is 11.0 Å². The standard InChI is InChI=1S/C15H12F2N2.C6H18B3N3/c16-14(17)15-18-12-8-4-5-9-13(12)19(15)10-11-6-2-1-3-7-11;1-7-10(4)8(2)12(6)9(3)11(7)5/h1-9,14H,10H2;1-6H3. The summed E-state index contributed by atoms with van der Waals surface area (Å²) >= 11 is 0. The SMILES string of the molecule is CB1N(C)B(C)N(C)B(C)N1C.FC(F)c1nc2ccccc2n1Cc1ccccc1.